The van der Waals surface area contributed by atoms with E-state index >= 15 is 0 Å². The first-order valence-corrected chi connectivity index (χ1v) is 6.90. The van der Waals surface area contributed by atoms with Crippen LogP contribution in [0.15, 0.2) is 41.0 Å². The summed E-state index contributed by atoms with van der Waals surface area (Å²) in [6.07, 6.45) is 0.956. The van der Waals surface area contributed by atoms with Gasteiger partial charge in [0.05, 0.1) is 17.8 Å². The molecule has 2 N–H and O–H groups in total. The Labute approximate surface area is 127 Å². The third-order valence-corrected chi connectivity index (χ3v) is 3.13. The van der Waals surface area contributed by atoms with E-state index < -0.39 is 6.10 Å². The lowest BCUT2D eigenvalue weighted by Gasteiger charge is -2.13. The highest BCUT2D eigenvalue weighted by molar-refractivity contribution is 6.34. The zero-order chi connectivity index (χ0) is 14.4. The molecule has 1 unspecified atom stereocenters. The van der Waals surface area contributed by atoms with Crippen molar-refractivity contribution in [3.8, 4) is 5.75 Å². The van der Waals surface area contributed by atoms with Crippen LogP contribution < -0.4 is 10.1 Å². The summed E-state index contributed by atoms with van der Waals surface area (Å²) in [5.41, 5.74) is 0. The standard InChI is InChI=1S/C14H15Cl2NO3/c15-10-3-4-13(16)14(6-10)20-9-11(18)7-17-8-12-2-1-5-19-12/h1-6,11,17-18H,7-9H2. The number of halogens is 2. The van der Waals surface area contributed by atoms with Gasteiger partial charge in [-0.05, 0) is 24.3 Å². The van der Waals surface area contributed by atoms with E-state index in [1.165, 1.54) is 0 Å². The lowest BCUT2D eigenvalue weighted by Crippen LogP contribution is -2.31. The van der Waals surface area contributed by atoms with Gasteiger partial charge in [0.2, 0.25) is 0 Å². The van der Waals surface area contributed by atoms with Gasteiger partial charge in [0.1, 0.15) is 24.2 Å². The molecule has 0 aliphatic carbocycles. The summed E-state index contributed by atoms with van der Waals surface area (Å²) in [6.45, 7) is 1.08. The van der Waals surface area contributed by atoms with Crippen LogP contribution in [-0.2, 0) is 6.54 Å². The minimum Gasteiger partial charge on any atom is -0.489 e. The van der Waals surface area contributed by atoms with Crippen LogP contribution in [0.2, 0.25) is 10.0 Å². The first-order chi connectivity index (χ1) is 9.65. The van der Waals surface area contributed by atoms with Crippen molar-refractivity contribution in [3.63, 3.8) is 0 Å². The van der Waals surface area contributed by atoms with Gasteiger partial charge in [0, 0.05) is 17.6 Å². The molecule has 2 rings (SSSR count). The summed E-state index contributed by atoms with van der Waals surface area (Å²) in [7, 11) is 0. The number of hydrogen-bond donors (Lipinski definition) is 2. The Morgan fingerprint density at radius 1 is 1.30 bits per heavy atom. The Morgan fingerprint density at radius 2 is 2.15 bits per heavy atom. The van der Waals surface area contributed by atoms with E-state index in [9.17, 15) is 5.11 Å². The van der Waals surface area contributed by atoms with Crippen molar-refractivity contribution < 1.29 is 14.3 Å². The zero-order valence-electron chi connectivity index (χ0n) is 10.7. The molecule has 6 heteroatoms. The van der Waals surface area contributed by atoms with Crippen molar-refractivity contribution in [2.75, 3.05) is 13.2 Å². The average Bonchev–Trinajstić information content (AvgIpc) is 2.93. The van der Waals surface area contributed by atoms with Crippen LogP contribution in [0.4, 0.5) is 0 Å². The minimum atomic E-state index is -0.653. The van der Waals surface area contributed by atoms with Gasteiger partial charge in [-0.1, -0.05) is 23.2 Å². The minimum absolute atomic E-state index is 0.130. The predicted octanol–water partition coefficient (Wildman–Crippen LogP) is 3.12. The van der Waals surface area contributed by atoms with Crippen molar-refractivity contribution in [1.82, 2.24) is 5.32 Å². The molecule has 108 valence electrons. The maximum atomic E-state index is 9.81. The summed E-state index contributed by atoms with van der Waals surface area (Å²) in [4.78, 5) is 0. The van der Waals surface area contributed by atoms with E-state index in [0.29, 0.717) is 28.9 Å². The molecule has 0 saturated carbocycles. The van der Waals surface area contributed by atoms with Gasteiger partial charge >= 0.3 is 0 Å². The molecule has 0 radical (unpaired) electrons. The number of furan rings is 1. The molecule has 0 amide bonds. The Kier molecular flexibility index (Phi) is 5.73. The maximum Gasteiger partial charge on any atom is 0.139 e. The molecule has 2 aromatic rings. The molecule has 0 saturated heterocycles. The van der Waals surface area contributed by atoms with Crippen LogP contribution >= 0.6 is 23.2 Å². The van der Waals surface area contributed by atoms with Crippen LogP contribution in [0.3, 0.4) is 0 Å². The Bertz CT molecular complexity index is 531. The number of aliphatic hydroxyl groups excluding tert-OH is 1. The quantitative estimate of drug-likeness (QED) is 0.824. The first kappa shape index (κ1) is 15.2. The number of benzene rings is 1. The normalized spacial score (nSPS) is 12.3. The third-order valence-electron chi connectivity index (χ3n) is 2.58. The van der Waals surface area contributed by atoms with Gasteiger partial charge < -0.3 is 19.6 Å². The van der Waals surface area contributed by atoms with E-state index in [1.807, 2.05) is 12.1 Å². The molecular formula is C14H15Cl2NO3. The predicted molar refractivity (Wildman–Crippen MR) is 78.4 cm³/mol. The van der Waals surface area contributed by atoms with Gasteiger partial charge in [-0.3, -0.25) is 0 Å². The lowest BCUT2D eigenvalue weighted by molar-refractivity contribution is 0.106. The van der Waals surface area contributed by atoms with E-state index in [4.69, 9.17) is 32.4 Å². The summed E-state index contributed by atoms with van der Waals surface area (Å²) in [6, 6.07) is 8.63. The number of rotatable bonds is 7. The first-order valence-electron chi connectivity index (χ1n) is 6.14. The molecule has 1 aromatic heterocycles. The van der Waals surface area contributed by atoms with Crippen molar-refractivity contribution in [1.29, 1.82) is 0 Å². The molecule has 0 aliphatic heterocycles. The lowest BCUT2D eigenvalue weighted by atomic mass is 10.3. The fourth-order valence-electron chi connectivity index (χ4n) is 1.61. The van der Waals surface area contributed by atoms with Gasteiger partial charge in [-0.15, -0.1) is 0 Å². The molecule has 4 nitrogen and oxygen atoms in total. The molecule has 0 aliphatic rings. The van der Waals surface area contributed by atoms with E-state index in [1.54, 1.807) is 24.5 Å². The van der Waals surface area contributed by atoms with Crippen LogP contribution in [0.5, 0.6) is 5.75 Å². The van der Waals surface area contributed by atoms with Crippen LogP contribution in [0.1, 0.15) is 5.76 Å². The van der Waals surface area contributed by atoms with Crippen molar-refractivity contribution in [2.45, 2.75) is 12.6 Å². The molecular weight excluding hydrogens is 301 g/mol. The maximum absolute atomic E-state index is 9.81. The van der Waals surface area contributed by atoms with Crippen molar-refractivity contribution >= 4 is 23.2 Å². The topological polar surface area (TPSA) is 54.6 Å². The average molecular weight is 316 g/mol. The summed E-state index contributed by atoms with van der Waals surface area (Å²) in [5, 5.41) is 13.9. The Morgan fingerprint density at radius 3 is 2.90 bits per heavy atom. The fourth-order valence-corrected chi connectivity index (χ4v) is 1.94. The Balaban J connectivity index is 1.71. The van der Waals surface area contributed by atoms with Gasteiger partial charge in [0.15, 0.2) is 0 Å². The van der Waals surface area contributed by atoms with Crippen molar-refractivity contribution in [3.05, 3.63) is 52.4 Å². The van der Waals surface area contributed by atoms with Crippen LogP contribution in [0, 0.1) is 0 Å². The van der Waals surface area contributed by atoms with Gasteiger partial charge in [-0.2, -0.15) is 0 Å². The molecule has 1 heterocycles. The van der Waals surface area contributed by atoms with Crippen LogP contribution in [-0.4, -0.2) is 24.4 Å². The smallest absolute Gasteiger partial charge is 0.139 e. The number of ether oxygens (including phenoxy) is 1. The second-order valence-corrected chi connectivity index (χ2v) is 5.09. The summed E-state index contributed by atoms with van der Waals surface area (Å²) >= 11 is 11.8. The fraction of sp³-hybridized carbons (Fsp3) is 0.286. The zero-order valence-corrected chi connectivity index (χ0v) is 12.2. The number of hydrogen-bond acceptors (Lipinski definition) is 4. The highest BCUT2D eigenvalue weighted by Crippen LogP contribution is 2.27. The second kappa shape index (κ2) is 7.55. The SMILES string of the molecule is OC(CNCc1ccco1)COc1cc(Cl)ccc1Cl. The van der Waals surface area contributed by atoms with E-state index in [2.05, 4.69) is 5.32 Å². The van der Waals surface area contributed by atoms with Crippen LogP contribution in [0.25, 0.3) is 0 Å². The second-order valence-electron chi connectivity index (χ2n) is 4.25. The van der Waals surface area contributed by atoms with E-state index in [0.717, 1.165) is 5.76 Å². The molecule has 1 aromatic carbocycles. The highest BCUT2D eigenvalue weighted by Gasteiger charge is 2.08. The summed E-state index contributed by atoms with van der Waals surface area (Å²) < 4.78 is 10.6. The number of aliphatic hydroxyl groups is 1. The van der Waals surface area contributed by atoms with Crippen molar-refractivity contribution in [2.24, 2.45) is 0 Å². The Hall–Kier alpha value is -1.20. The molecule has 0 spiro atoms. The number of nitrogens with one attached hydrogen (secondary N) is 1. The van der Waals surface area contributed by atoms with Gasteiger partial charge in [-0.25, -0.2) is 0 Å². The van der Waals surface area contributed by atoms with Gasteiger partial charge in [0.25, 0.3) is 0 Å². The highest BCUT2D eigenvalue weighted by atomic mass is 35.5. The van der Waals surface area contributed by atoms with E-state index in [-0.39, 0.29) is 6.61 Å². The summed E-state index contributed by atoms with van der Waals surface area (Å²) in [5.74, 6) is 1.28. The monoisotopic (exact) mass is 315 g/mol. The third kappa shape index (κ3) is 4.72. The molecule has 0 fully saturated rings. The molecule has 0 bridgehead atoms. The largest absolute Gasteiger partial charge is 0.489 e. The molecule has 20 heavy (non-hydrogen) atoms. The molecule has 1 atom stereocenters.